The van der Waals surface area contributed by atoms with Crippen molar-refractivity contribution in [2.45, 2.75) is 19.8 Å². The van der Waals surface area contributed by atoms with Crippen molar-refractivity contribution in [3.8, 4) is 0 Å². The first-order chi connectivity index (χ1) is 13.1. The Labute approximate surface area is 156 Å². The van der Waals surface area contributed by atoms with Crippen molar-refractivity contribution in [3.63, 3.8) is 0 Å². The summed E-state index contributed by atoms with van der Waals surface area (Å²) in [6, 6.07) is 18.8. The molecule has 0 aliphatic rings. The van der Waals surface area contributed by atoms with Gasteiger partial charge in [-0.1, -0.05) is 36.4 Å². The van der Waals surface area contributed by atoms with Crippen molar-refractivity contribution in [2.75, 3.05) is 5.32 Å². The highest BCUT2D eigenvalue weighted by atomic mass is 16.3. The molecular weight excluding hydrogens is 340 g/mol. The van der Waals surface area contributed by atoms with Crippen molar-refractivity contribution >= 4 is 39.2 Å². The number of ketones is 1. The zero-order chi connectivity index (χ0) is 18.8. The molecule has 1 aromatic heterocycles. The van der Waals surface area contributed by atoms with E-state index in [0.29, 0.717) is 22.7 Å². The van der Waals surface area contributed by atoms with Crippen LogP contribution < -0.4 is 5.32 Å². The Morgan fingerprint density at radius 2 is 1.78 bits per heavy atom. The third-order valence-corrected chi connectivity index (χ3v) is 4.43. The summed E-state index contributed by atoms with van der Waals surface area (Å²) in [5.74, 6) is 0.325. The molecule has 0 atom stereocenters. The molecule has 0 spiro atoms. The van der Waals surface area contributed by atoms with E-state index in [1.54, 1.807) is 25.1 Å². The number of amides is 1. The highest BCUT2D eigenvalue weighted by molar-refractivity contribution is 6.02. The molecule has 27 heavy (non-hydrogen) atoms. The fraction of sp³-hybridized carbons (Fsp3) is 0.136. The van der Waals surface area contributed by atoms with Crippen LogP contribution >= 0.6 is 0 Å². The van der Waals surface area contributed by atoms with Crippen LogP contribution in [-0.4, -0.2) is 16.7 Å². The molecule has 0 saturated heterocycles. The molecule has 1 N–H and O–H groups in total. The van der Waals surface area contributed by atoms with Crippen molar-refractivity contribution in [1.29, 1.82) is 0 Å². The molecule has 4 rings (SSSR count). The highest BCUT2D eigenvalue weighted by Crippen LogP contribution is 2.20. The molecule has 1 heterocycles. The van der Waals surface area contributed by atoms with Crippen molar-refractivity contribution < 1.29 is 14.0 Å². The number of aromatic nitrogens is 1. The maximum atomic E-state index is 12.4. The van der Waals surface area contributed by atoms with Crippen LogP contribution in [0.2, 0.25) is 0 Å². The van der Waals surface area contributed by atoms with E-state index in [4.69, 9.17) is 4.42 Å². The van der Waals surface area contributed by atoms with Gasteiger partial charge in [-0.2, -0.15) is 0 Å². The van der Waals surface area contributed by atoms with Gasteiger partial charge < -0.3 is 9.73 Å². The molecule has 0 bridgehead atoms. The van der Waals surface area contributed by atoms with Crippen molar-refractivity contribution in [2.24, 2.45) is 0 Å². The number of Topliss-reactive ketones (excluding diaryl/α,β-unsaturated/α-hetero) is 1. The molecule has 0 saturated carbocycles. The molecule has 5 nitrogen and oxygen atoms in total. The molecule has 4 aromatic rings. The van der Waals surface area contributed by atoms with E-state index in [9.17, 15) is 9.59 Å². The standard InChI is InChI=1S/C22H18N2O3/c1-14-23-19-9-8-18(13-21(19)27-14)24-22(26)11-10-20(25)17-7-6-15-4-2-3-5-16(15)12-17/h2-9,12-13H,10-11H2,1H3,(H,24,26). The van der Waals surface area contributed by atoms with Gasteiger partial charge in [0.15, 0.2) is 17.3 Å². The minimum absolute atomic E-state index is 0.0442. The number of carbonyl (C=O) groups excluding carboxylic acids is 2. The van der Waals surface area contributed by atoms with Gasteiger partial charge in [-0.05, 0) is 29.0 Å². The van der Waals surface area contributed by atoms with Gasteiger partial charge in [0, 0.05) is 37.1 Å². The Balaban J connectivity index is 1.39. The summed E-state index contributed by atoms with van der Waals surface area (Å²) in [4.78, 5) is 28.8. The molecule has 5 heteroatoms. The second-order valence-corrected chi connectivity index (χ2v) is 6.45. The molecule has 0 radical (unpaired) electrons. The van der Waals surface area contributed by atoms with Gasteiger partial charge in [-0.15, -0.1) is 0 Å². The minimum atomic E-state index is -0.209. The predicted octanol–water partition coefficient (Wildman–Crippen LogP) is 4.89. The van der Waals surface area contributed by atoms with Crippen LogP contribution in [0.1, 0.15) is 29.1 Å². The van der Waals surface area contributed by atoms with Crippen molar-refractivity contribution in [3.05, 3.63) is 72.1 Å². The van der Waals surface area contributed by atoms with Crippen molar-refractivity contribution in [1.82, 2.24) is 4.98 Å². The summed E-state index contributed by atoms with van der Waals surface area (Å²) in [5.41, 5.74) is 2.62. The average Bonchev–Trinajstić information content (AvgIpc) is 3.05. The van der Waals surface area contributed by atoms with Gasteiger partial charge in [0.1, 0.15) is 5.52 Å². The smallest absolute Gasteiger partial charge is 0.224 e. The number of carbonyl (C=O) groups is 2. The first-order valence-corrected chi connectivity index (χ1v) is 8.77. The number of fused-ring (bicyclic) bond motifs is 2. The largest absolute Gasteiger partial charge is 0.441 e. The highest BCUT2D eigenvalue weighted by Gasteiger charge is 2.11. The second-order valence-electron chi connectivity index (χ2n) is 6.45. The first-order valence-electron chi connectivity index (χ1n) is 8.77. The fourth-order valence-corrected chi connectivity index (χ4v) is 3.08. The lowest BCUT2D eigenvalue weighted by molar-refractivity contribution is -0.116. The minimum Gasteiger partial charge on any atom is -0.441 e. The van der Waals surface area contributed by atoms with E-state index >= 15 is 0 Å². The summed E-state index contributed by atoms with van der Waals surface area (Å²) in [7, 11) is 0. The maximum absolute atomic E-state index is 12.4. The number of rotatable bonds is 5. The summed E-state index contributed by atoms with van der Waals surface area (Å²) in [5, 5.41) is 4.91. The molecule has 3 aromatic carbocycles. The van der Waals surface area contributed by atoms with E-state index < -0.39 is 0 Å². The van der Waals surface area contributed by atoms with Crippen LogP contribution in [0.25, 0.3) is 21.9 Å². The Kier molecular flexibility index (Phi) is 4.42. The maximum Gasteiger partial charge on any atom is 0.224 e. The van der Waals surface area contributed by atoms with Crippen LogP contribution in [-0.2, 0) is 4.79 Å². The lowest BCUT2D eigenvalue weighted by atomic mass is 10.0. The number of oxazole rings is 1. The monoisotopic (exact) mass is 358 g/mol. The number of nitrogens with one attached hydrogen (secondary N) is 1. The second kappa shape index (κ2) is 7.03. The van der Waals surface area contributed by atoms with Crippen LogP contribution in [0.4, 0.5) is 5.69 Å². The number of anilines is 1. The molecular formula is C22H18N2O3. The SMILES string of the molecule is Cc1nc2ccc(NC(=O)CCC(=O)c3ccc4ccccc4c3)cc2o1. The zero-order valence-corrected chi connectivity index (χ0v) is 14.9. The normalized spacial score (nSPS) is 11.0. The summed E-state index contributed by atoms with van der Waals surface area (Å²) < 4.78 is 5.46. The number of nitrogens with zero attached hydrogens (tertiary/aromatic N) is 1. The van der Waals surface area contributed by atoms with Gasteiger partial charge in [-0.25, -0.2) is 4.98 Å². The van der Waals surface area contributed by atoms with E-state index in [-0.39, 0.29) is 24.5 Å². The zero-order valence-electron chi connectivity index (χ0n) is 14.9. The van der Waals surface area contributed by atoms with Crippen LogP contribution in [0.3, 0.4) is 0 Å². The van der Waals surface area contributed by atoms with E-state index in [1.165, 1.54) is 0 Å². The lowest BCUT2D eigenvalue weighted by Gasteiger charge is -2.06. The summed E-state index contributed by atoms with van der Waals surface area (Å²) >= 11 is 0. The molecule has 0 fully saturated rings. The lowest BCUT2D eigenvalue weighted by Crippen LogP contribution is -2.13. The summed E-state index contributed by atoms with van der Waals surface area (Å²) in [6.07, 6.45) is 0.285. The molecule has 0 aliphatic heterocycles. The van der Waals surface area contributed by atoms with E-state index in [1.807, 2.05) is 42.5 Å². The van der Waals surface area contributed by atoms with Gasteiger partial charge in [0.25, 0.3) is 0 Å². The van der Waals surface area contributed by atoms with Crippen LogP contribution in [0, 0.1) is 6.92 Å². The van der Waals surface area contributed by atoms with Gasteiger partial charge >= 0.3 is 0 Å². The van der Waals surface area contributed by atoms with Gasteiger partial charge in [0.05, 0.1) is 0 Å². The molecule has 134 valence electrons. The Morgan fingerprint density at radius 3 is 2.63 bits per heavy atom. The molecule has 0 aliphatic carbocycles. The molecule has 1 amide bonds. The number of aryl methyl sites for hydroxylation is 1. The number of hydrogen-bond donors (Lipinski definition) is 1. The Bertz CT molecular complexity index is 1160. The third kappa shape index (κ3) is 3.72. The van der Waals surface area contributed by atoms with Crippen LogP contribution in [0.5, 0.6) is 0 Å². The third-order valence-electron chi connectivity index (χ3n) is 4.43. The average molecular weight is 358 g/mol. The first kappa shape index (κ1) is 17.0. The van der Waals surface area contributed by atoms with Gasteiger partial charge in [-0.3, -0.25) is 9.59 Å². The van der Waals surface area contributed by atoms with E-state index in [2.05, 4.69) is 10.3 Å². The fourth-order valence-electron chi connectivity index (χ4n) is 3.08. The summed E-state index contributed by atoms with van der Waals surface area (Å²) in [6.45, 7) is 1.77. The van der Waals surface area contributed by atoms with Gasteiger partial charge in [0.2, 0.25) is 5.91 Å². The number of benzene rings is 3. The Morgan fingerprint density at radius 1 is 0.963 bits per heavy atom. The van der Waals surface area contributed by atoms with E-state index in [0.717, 1.165) is 16.3 Å². The molecule has 0 unspecified atom stereocenters. The number of hydrogen-bond acceptors (Lipinski definition) is 4. The predicted molar refractivity (Wildman–Crippen MR) is 105 cm³/mol. The topological polar surface area (TPSA) is 72.2 Å². The Hall–Kier alpha value is -3.47. The van der Waals surface area contributed by atoms with Crippen LogP contribution in [0.15, 0.2) is 65.1 Å². The quantitative estimate of drug-likeness (QED) is 0.516.